The van der Waals surface area contributed by atoms with Crippen LogP contribution in [0.15, 0.2) is 48.5 Å². The lowest BCUT2D eigenvalue weighted by molar-refractivity contribution is 0.142. The number of amides is 1. The molecule has 0 saturated heterocycles. The Hall–Kier alpha value is -4.40. The third kappa shape index (κ3) is 4.40. The zero-order valence-corrected chi connectivity index (χ0v) is 20.2. The van der Waals surface area contributed by atoms with Crippen LogP contribution < -0.4 is 29.6 Å². The highest BCUT2D eigenvalue weighted by Gasteiger charge is 2.27. The Balaban J connectivity index is 1.91. The van der Waals surface area contributed by atoms with Gasteiger partial charge in [-0.05, 0) is 23.8 Å². The number of methoxy groups -OCH3 is 4. The topological polar surface area (TPSA) is 100 Å². The van der Waals surface area contributed by atoms with Gasteiger partial charge >= 0.3 is 6.09 Å². The number of hydrogen-bond acceptors (Lipinski definition) is 8. The van der Waals surface area contributed by atoms with Crippen LogP contribution in [0.5, 0.6) is 23.0 Å². The van der Waals surface area contributed by atoms with Gasteiger partial charge in [0.25, 0.3) is 0 Å². The summed E-state index contributed by atoms with van der Waals surface area (Å²) in [7, 11) is 7.75. The van der Waals surface area contributed by atoms with Crippen LogP contribution in [-0.4, -0.2) is 46.6 Å². The highest BCUT2D eigenvalue weighted by molar-refractivity contribution is 6.14. The highest BCUT2D eigenvalue weighted by Crippen LogP contribution is 2.53. The monoisotopic (exact) mass is 477 g/mol. The molecule has 0 aliphatic rings. The lowest BCUT2D eigenvalue weighted by Crippen LogP contribution is -2.18. The Bertz CT molecular complexity index is 1370. The number of pyridine rings is 1. The maximum absolute atomic E-state index is 11.4. The van der Waals surface area contributed by atoms with Gasteiger partial charge in [0.1, 0.15) is 12.1 Å². The van der Waals surface area contributed by atoms with Crippen molar-refractivity contribution in [2.24, 2.45) is 0 Å². The average molecular weight is 478 g/mol. The van der Waals surface area contributed by atoms with Crippen molar-refractivity contribution in [3.63, 3.8) is 0 Å². The summed E-state index contributed by atoms with van der Waals surface area (Å²) in [6.45, 7) is 0.170. The normalized spacial score (nSPS) is 10.7. The van der Waals surface area contributed by atoms with E-state index in [1.165, 1.54) is 7.05 Å². The lowest BCUT2D eigenvalue weighted by Gasteiger charge is -2.21. The van der Waals surface area contributed by atoms with Crippen molar-refractivity contribution < 1.29 is 28.5 Å². The van der Waals surface area contributed by atoms with Crippen LogP contribution in [0.1, 0.15) is 5.56 Å². The van der Waals surface area contributed by atoms with Gasteiger partial charge in [-0.25, -0.2) is 9.78 Å². The minimum Gasteiger partial charge on any atom is -0.492 e. The van der Waals surface area contributed by atoms with Crippen LogP contribution >= 0.6 is 0 Å². The van der Waals surface area contributed by atoms with Gasteiger partial charge < -0.3 is 34.3 Å². The molecule has 0 aliphatic carbocycles. The van der Waals surface area contributed by atoms with Crippen molar-refractivity contribution in [3.8, 4) is 23.0 Å². The molecular weight excluding hydrogens is 450 g/mol. The molecule has 3 aromatic carbocycles. The number of ether oxygens (including phenoxy) is 5. The first-order valence-electron chi connectivity index (χ1n) is 10.8. The number of hydrogen-bond donors (Lipinski definition) is 2. The number of carbonyl (C=O) groups is 1. The zero-order chi connectivity index (χ0) is 24.9. The fourth-order valence-corrected chi connectivity index (χ4v) is 3.96. The number of benzene rings is 3. The van der Waals surface area contributed by atoms with E-state index in [2.05, 4.69) is 10.6 Å². The van der Waals surface area contributed by atoms with E-state index in [1.807, 2.05) is 48.5 Å². The molecule has 1 amide bonds. The highest BCUT2D eigenvalue weighted by atomic mass is 16.6. The first kappa shape index (κ1) is 23.7. The molecule has 0 bridgehead atoms. The van der Waals surface area contributed by atoms with Gasteiger partial charge in [0.05, 0.1) is 45.0 Å². The maximum atomic E-state index is 11.4. The minimum absolute atomic E-state index is 0.170. The number of para-hydroxylation sites is 1. The van der Waals surface area contributed by atoms with E-state index in [0.29, 0.717) is 33.9 Å². The number of anilines is 2. The van der Waals surface area contributed by atoms with Crippen LogP contribution in [0.25, 0.3) is 21.8 Å². The third-order valence-corrected chi connectivity index (χ3v) is 5.57. The molecule has 0 atom stereocenters. The van der Waals surface area contributed by atoms with E-state index in [4.69, 9.17) is 28.7 Å². The fraction of sp³-hybridized carbons (Fsp3) is 0.231. The van der Waals surface area contributed by atoms with Crippen LogP contribution in [0.3, 0.4) is 0 Å². The molecule has 4 aromatic rings. The second kappa shape index (κ2) is 10.3. The number of nitrogens with one attached hydrogen (secondary N) is 2. The SMILES string of the molecule is CNC(=O)OCc1ccc(Nc2c3ccccc3nc3c(OC)c(OC)c(OC)c(OC)c23)cc1. The Morgan fingerprint density at radius 1 is 0.829 bits per heavy atom. The number of aromatic nitrogens is 1. The quantitative estimate of drug-likeness (QED) is 0.341. The van der Waals surface area contributed by atoms with E-state index in [0.717, 1.165) is 27.8 Å². The number of rotatable bonds is 8. The summed E-state index contributed by atoms with van der Waals surface area (Å²) in [4.78, 5) is 16.2. The van der Waals surface area contributed by atoms with Crippen LogP contribution in [0.2, 0.25) is 0 Å². The smallest absolute Gasteiger partial charge is 0.407 e. The van der Waals surface area contributed by atoms with Crippen molar-refractivity contribution in [2.75, 3.05) is 40.8 Å². The van der Waals surface area contributed by atoms with E-state index in [-0.39, 0.29) is 6.61 Å². The number of fused-ring (bicyclic) bond motifs is 2. The second-order valence-electron chi connectivity index (χ2n) is 7.51. The van der Waals surface area contributed by atoms with Crippen LogP contribution in [0, 0.1) is 0 Å². The summed E-state index contributed by atoms with van der Waals surface area (Å²) in [6, 6.07) is 15.4. The molecule has 1 aromatic heterocycles. The molecule has 0 fully saturated rings. The molecule has 0 aliphatic heterocycles. The van der Waals surface area contributed by atoms with Gasteiger partial charge in [0, 0.05) is 18.1 Å². The lowest BCUT2D eigenvalue weighted by atomic mass is 10.0. The van der Waals surface area contributed by atoms with E-state index in [1.54, 1.807) is 28.4 Å². The Morgan fingerprint density at radius 3 is 2.09 bits per heavy atom. The van der Waals surface area contributed by atoms with Crippen LogP contribution in [0.4, 0.5) is 16.2 Å². The van der Waals surface area contributed by atoms with Gasteiger partial charge in [0.2, 0.25) is 11.5 Å². The van der Waals surface area contributed by atoms with Crippen molar-refractivity contribution in [3.05, 3.63) is 54.1 Å². The fourth-order valence-electron chi connectivity index (χ4n) is 3.96. The van der Waals surface area contributed by atoms with Gasteiger partial charge in [0.15, 0.2) is 11.5 Å². The molecule has 0 unspecified atom stereocenters. The first-order chi connectivity index (χ1) is 17.1. The second-order valence-corrected chi connectivity index (χ2v) is 7.51. The van der Waals surface area contributed by atoms with Crippen molar-refractivity contribution >= 4 is 39.3 Å². The molecule has 35 heavy (non-hydrogen) atoms. The number of nitrogens with zero attached hydrogens (tertiary/aromatic N) is 1. The van der Waals surface area contributed by atoms with Gasteiger partial charge in [-0.1, -0.05) is 30.3 Å². The summed E-state index contributed by atoms with van der Waals surface area (Å²) in [5, 5.41) is 7.52. The zero-order valence-electron chi connectivity index (χ0n) is 20.2. The van der Waals surface area contributed by atoms with Gasteiger partial charge in [-0.15, -0.1) is 0 Å². The third-order valence-electron chi connectivity index (χ3n) is 5.57. The van der Waals surface area contributed by atoms with Crippen LogP contribution in [-0.2, 0) is 11.3 Å². The Morgan fingerprint density at radius 2 is 1.46 bits per heavy atom. The standard InChI is InChI=1S/C26H27N3O6/c1-27-26(30)35-14-15-10-12-16(13-11-15)28-20-17-8-6-7-9-18(17)29-21-19(20)22(31-2)24(33-4)25(34-5)23(21)32-3/h6-13H,14H2,1-5H3,(H,27,30)(H,28,29). The summed E-state index contributed by atoms with van der Waals surface area (Å²) in [5.41, 5.74) is 3.79. The van der Waals surface area contributed by atoms with E-state index in [9.17, 15) is 4.79 Å². The van der Waals surface area contributed by atoms with Gasteiger partial charge in [-0.3, -0.25) is 0 Å². The first-order valence-corrected chi connectivity index (χ1v) is 10.8. The summed E-state index contributed by atoms with van der Waals surface area (Å²) in [5.74, 6) is 1.71. The van der Waals surface area contributed by atoms with Crippen molar-refractivity contribution in [2.45, 2.75) is 6.61 Å². The molecule has 4 rings (SSSR count). The minimum atomic E-state index is -0.479. The van der Waals surface area contributed by atoms with E-state index < -0.39 is 6.09 Å². The van der Waals surface area contributed by atoms with Crippen molar-refractivity contribution in [1.29, 1.82) is 0 Å². The molecule has 182 valence electrons. The predicted molar refractivity (Wildman–Crippen MR) is 134 cm³/mol. The summed E-state index contributed by atoms with van der Waals surface area (Å²) in [6.07, 6.45) is -0.479. The number of alkyl carbamates (subject to hydrolysis) is 1. The largest absolute Gasteiger partial charge is 0.492 e. The molecule has 1 heterocycles. The maximum Gasteiger partial charge on any atom is 0.407 e. The summed E-state index contributed by atoms with van der Waals surface area (Å²) < 4.78 is 27.9. The summed E-state index contributed by atoms with van der Waals surface area (Å²) >= 11 is 0. The molecule has 9 nitrogen and oxygen atoms in total. The Kier molecular flexibility index (Phi) is 6.96. The average Bonchev–Trinajstić information content (AvgIpc) is 2.90. The van der Waals surface area contributed by atoms with E-state index >= 15 is 0 Å². The van der Waals surface area contributed by atoms with Gasteiger partial charge in [-0.2, -0.15) is 0 Å². The van der Waals surface area contributed by atoms with Crippen molar-refractivity contribution in [1.82, 2.24) is 10.3 Å². The predicted octanol–water partition coefficient (Wildman–Crippen LogP) is 5.02. The Labute approximate surface area is 202 Å². The molecule has 9 heteroatoms. The molecule has 0 saturated carbocycles. The molecular formula is C26H27N3O6. The molecule has 2 N–H and O–H groups in total. The molecule has 0 radical (unpaired) electrons. The molecule has 0 spiro atoms. The number of carbonyl (C=O) groups excluding carboxylic acids is 1.